The maximum Gasteiger partial charge on any atom is 0.310 e. The van der Waals surface area contributed by atoms with Crippen molar-refractivity contribution in [2.24, 2.45) is 0 Å². The van der Waals surface area contributed by atoms with Crippen LogP contribution >= 0.6 is 23.2 Å². The first-order valence-electron chi connectivity index (χ1n) is 4.29. The fraction of sp³-hybridized carbons (Fsp3) is 0.300. The Morgan fingerprint density at radius 2 is 2.20 bits per heavy atom. The fourth-order valence-corrected chi connectivity index (χ4v) is 1.17. The normalized spacial score (nSPS) is 10.3. The molecule has 0 aliphatic heterocycles. The molecule has 0 heterocycles. The van der Waals surface area contributed by atoms with Gasteiger partial charge < -0.3 is 9.84 Å². The molecule has 0 spiro atoms. The van der Waals surface area contributed by atoms with Crippen molar-refractivity contribution in [2.75, 3.05) is 6.61 Å². The number of ether oxygens (including phenoxy) is 1. The number of alkyl halides is 2. The number of aromatic hydroxyl groups is 1. The molecule has 82 valence electrons. The largest absolute Gasteiger partial charge is 0.508 e. The van der Waals surface area contributed by atoms with Crippen LogP contribution in [-0.4, -0.2) is 22.5 Å². The standard InChI is InChI=1S/C10H10Cl2O3/c11-9(12)6-15-10(14)5-7-2-1-3-8(13)4-7/h1-4,9,13H,5-6H2. The van der Waals surface area contributed by atoms with E-state index in [9.17, 15) is 4.79 Å². The van der Waals surface area contributed by atoms with Crippen molar-refractivity contribution in [2.45, 2.75) is 11.3 Å². The average Bonchev–Trinajstić information content (AvgIpc) is 2.15. The number of carbonyl (C=O) groups excluding carboxylic acids is 1. The highest BCUT2D eigenvalue weighted by Crippen LogP contribution is 2.12. The molecular formula is C10H10Cl2O3. The molecule has 0 unspecified atom stereocenters. The molecule has 1 aromatic carbocycles. The fourth-order valence-electron chi connectivity index (χ4n) is 1.04. The first-order chi connectivity index (χ1) is 7.08. The molecule has 0 saturated carbocycles. The monoisotopic (exact) mass is 248 g/mol. The number of benzene rings is 1. The zero-order valence-electron chi connectivity index (χ0n) is 7.82. The predicted octanol–water partition coefficient (Wildman–Crippen LogP) is 2.28. The number of hydrogen-bond donors (Lipinski definition) is 1. The maximum absolute atomic E-state index is 11.2. The molecule has 5 heteroatoms. The molecule has 0 aliphatic carbocycles. The molecule has 1 rings (SSSR count). The minimum atomic E-state index is -0.710. The van der Waals surface area contributed by atoms with Gasteiger partial charge >= 0.3 is 5.97 Å². The predicted molar refractivity (Wildman–Crippen MR) is 58.3 cm³/mol. The molecule has 1 aromatic rings. The minimum absolute atomic E-state index is 0.0270. The van der Waals surface area contributed by atoms with E-state index in [1.807, 2.05) is 0 Å². The van der Waals surface area contributed by atoms with Gasteiger partial charge in [-0.05, 0) is 17.7 Å². The molecule has 0 aromatic heterocycles. The van der Waals surface area contributed by atoms with Gasteiger partial charge in [-0.3, -0.25) is 4.79 Å². The lowest BCUT2D eigenvalue weighted by Crippen LogP contribution is -2.12. The van der Waals surface area contributed by atoms with E-state index < -0.39 is 10.8 Å². The summed E-state index contributed by atoms with van der Waals surface area (Å²) in [6, 6.07) is 6.41. The minimum Gasteiger partial charge on any atom is -0.508 e. The zero-order chi connectivity index (χ0) is 11.3. The lowest BCUT2D eigenvalue weighted by atomic mass is 10.1. The Labute approximate surface area is 97.6 Å². The Balaban J connectivity index is 2.44. The quantitative estimate of drug-likeness (QED) is 0.657. The van der Waals surface area contributed by atoms with Gasteiger partial charge in [-0.2, -0.15) is 0 Å². The van der Waals surface area contributed by atoms with Crippen LogP contribution in [0.3, 0.4) is 0 Å². The third kappa shape index (κ3) is 4.91. The van der Waals surface area contributed by atoms with Crippen LogP contribution in [0.25, 0.3) is 0 Å². The van der Waals surface area contributed by atoms with Crippen molar-refractivity contribution in [1.82, 2.24) is 0 Å². The van der Waals surface area contributed by atoms with E-state index in [-0.39, 0.29) is 18.8 Å². The Morgan fingerprint density at radius 1 is 1.47 bits per heavy atom. The van der Waals surface area contributed by atoms with E-state index in [2.05, 4.69) is 0 Å². The lowest BCUT2D eigenvalue weighted by Gasteiger charge is -2.05. The summed E-state index contributed by atoms with van der Waals surface area (Å²) in [5.74, 6) is -0.306. The highest BCUT2D eigenvalue weighted by atomic mass is 35.5. The molecule has 0 radical (unpaired) electrons. The Bertz CT molecular complexity index is 339. The van der Waals surface area contributed by atoms with Gasteiger partial charge in [-0.1, -0.05) is 12.1 Å². The van der Waals surface area contributed by atoms with Crippen LogP contribution in [0, 0.1) is 0 Å². The van der Waals surface area contributed by atoms with E-state index in [4.69, 9.17) is 33.0 Å². The van der Waals surface area contributed by atoms with Crippen molar-refractivity contribution in [1.29, 1.82) is 0 Å². The zero-order valence-corrected chi connectivity index (χ0v) is 9.33. The number of halogens is 2. The van der Waals surface area contributed by atoms with Gasteiger partial charge in [-0.15, -0.1) is 23.2 Å². The van der Waals surface area contributed by atoms with E-state index in [0.717, 1.165) is 0 Å². The average molecular weight is 249 g/mol. The molecule has 0 atom stereocenters. The van der Waals surface area contributed by atoms with Crippen LogP contribution in [0.1, 0.15) is 5.56 Å². The van der Waals surface area contributed by atoms with Crippen LogP contribution in [0.5, 0.6) is 5.75 Å². The van der Waals surface area contributed by atoms with E-state index in [0.29, 0.717) is 5.56 Å². The van der Waals surface area contributed by atoms with Gasteiger partial charge in [0, 0.05) is 0 Å². The van der Waals surface area contributed by atoms with Crippen LogP contribution in [0.15, 0.2) is 24.3 Å². The van der Waals surface area contributed by atoms with Gasteiger partial charge in [0.05, 0.1) is 6.42 Å². The third-order valence-corrected chi connectivity index (χ3v) is 1.88. The Morgan fingerprint density at radius 3 is 2.80 bits per heavy atom. The summed E-state index contributed by atoms with van der Waals surface area (Å²) < 4.78 is 4.76. The molecular weight excluding hydrogens is 239 g/mol. The second-order valence-corrected chi connectivity index (χ2v) is 4.20. The molecule has 0 fully saturated rings. The summed E-state index contributed by atoms with van der Waals surface area (Å²) in [7, 11) is 0. The summed E-state index contributed by atoms with van der Waals surface area (Å²) in [4.78, 5) is 10.5. The molecule has 0 aliphatic rings. The number of carbonyl (C=O) groups is 1. The van der Waals surface area contributed by atoms with Gasteiger partial charge in [-0.25, -0.2) is 0 Å². The van der Waals surface area contributed by atoms with Gasteiger partial charge in [0.25, 0.3) is 0 Å². The second kappa shape index (κ2) is 5.83. The Kier molecular flexibility index (Phi) is 4.72. The van der Waals surface area contributed by atoms with Crippen LogP contribution in [-0.2, 0) is 16.0 Å². The van der Waals surface area contributed by atoms with Crippen LogP contribution in [0.4, 0.5) is 0 Å². The van der Waals surface area contributed by atoms with Crippen molar-refractivity contribution in [3.63, 3.8) is 0 Å². The highest BCUT2D eigenvalue weighted by molar-refractivity contribution is 6.44. The van der Waals surface area contributed by atoms with Gasteiger partial charge in [0.1, 0.15) is 17.2 Å². The van der Waals surface area contributed by atoms with Crippen LogP contribution < -0.4 is 0 Å². The summed E-state index contributed by atoms with van der Waals surface area (Å²) in [5.41, 5.74) is 0.681. The van der Waals surface area contributed by atoms with E-state index >= 15 is 0 Å². The van der Waals surface area contributed by atoms with Crippen molar-refractivity contribution >= 4 is 29.2 Å². The maximum atomic E-state index is 11.2. The second-order valence-electron chi connectivity index (χ2n) is 2.92. The van der Waals surface area contributed by atoms with Crippen molar-refractivity contribution in [3.8, 4) is 5.75 Å². The highest BCUT2D eigenvalue weighted by Gasteiger charge is 2.07. The van der Waals surface area contributed by atoms with Crippen LogP contribution in [0.2, 0.25) is 0 Å². The summed E-state index contributed by atoms with van der Waals surface area (Å²) in [5, 5.41) is 9.15. The SMILES string of the molecule is O=C(Cc1cccc(O)c1)OCC(Cl)Cl. The first kappa shape index (κ1) is 12.1. The first-order valence-corrected chi connectivity index (χ1v) is 5.17. The van der Waals surface area contributed by atoms with Gasteiger partial charge in [0.2, 0.25) is 0 Å². The summed E-state index contributed by atoms with van der Waals surface area (Å²) >= 11 is 10.8. The topological polar surface area (TPSA) is 46.5 Å². The number of hydrogen-bond acceptors (Lipinski definition) is 3. The number of phenols is 1. The number of esters is 1. The molecule has 0 saturated heterocycles. The number of rotatable bonds is 4. The molecule has 0 amide bonds. The molecule has 3 nitrogen and oxygen atoms in total. The van der Waals surface area contributed by atoms with Crippen molar-refractivity contribution < 1.29 is 14.6 Å². The molecule has 15 heavy (non-hydrogen) atoms. The van der Waals surface area contributed by atoms with Crippen molar-refractivity contribution in [3.05, 3.63) is 29.8 Å². The lowest BCUT2D eigenvalue weighted by molar-refractivity contribution is -0.142. The van der Waals surface area contributed by atoms with Gasteiger partial charge in [0.15, 0.2) is 0 Å². The number of phenolic OH excluding ortho intramolecular Hbond substituents is 1. The van der Waals surface area contributed by atoms with E-state index in [1.54, 1.807) is 12.1 Å². The molecule has 0 bridgehead atoms. The summed E-state index contributed by atoms with van der Waals surface area (Å²) in [6.07, 6.45) is 0.0922. The summed E-state index contributed by atoms with van der Waals surface area (Å²) in [6.45, 7) is -0.0270. The molecule has 1 N–H and O–H groups in total. The van der Waals surface area contributed by atoms with E-state index in [1.165, 1.54) is 12.1 Å². The smallest absolute Gasteiger partial charge is 0.310 e. The third-order valence-electron chi connectivity index (χ3n) is 1.63. The Hall–Kier alpha value is -0.930.